The van der Waals surface area contributed by atoms with Gasteiger partial charge in [-0.05, 0) is 65.8 Å². The highest BCUT2D eigenvalue weighted by molar-refractivity contribution is 5.88. The number of carbonyl (C=O) groups excluding carboxylic acids is 1. The first kappa shape index (κ1) is 39.1. The van der Waals surface area contributed by atoms with Crippen molar-refractivity contribution in [3.8, 4) is 0 Å². The van der Waals surface area contributed by atoms with Crippen LogP contribution in [0.25, 0.3) is 0 Å². The number of hydrogen-bond donors (Lipinski definition) is 5. The SMILES string of the molecule is CC[C@H]1OC(=O)[C@H](C)[C@@H](O[C@H]2C[C@@](C)(OC)[C@@H](O)[C@H](C)O2)[C@H](C)[C@@H](C)[C@](C)(O)C[C@@H](C)C(=NO[C@@H]2CCNC2)[C@H](C)[C@@H](O)[C@]1(C)O. The molecule has 3 rings (SSSR count). The zero-order valence-corrected chi connectivity index (χ0v) is 29.9. The molecule has 0 spiro atoms. The minimum absolute atomic E-state index is 0.119. The number of esters is 1. The van der Waals surface area contributed by atoms with Crippen LogP contribution in [0.2, 0.25) is 0 Å². The molecule has 3 fully saturated rings. The summed E-state index contributed by atoms with van der Waals surface area (Å²) in [5.41, 5.74) is -3.52. The first-order valence-corrected chi connectivity index (χ1v) is 17.1. The predicted molar refractivity (Wildman–Crippen MR) is 173 cm³/mol. The number of carbonyl (C=O) groups is 1. The maximum absolute atomic E-state index is 13.8. The molecule has 0 aromatic carbocycles. The van der Waals surface area contributed by atoms with E-state index in [1.165, 1.54) is 14.0 Å². The Morgan fingerprint density at radius 2 is 1.65 bits per heavy atom. The molecular formula is C34H62N2O10. The first-order valence-electron chi connectivity index (χ1n) is 17.1. The zero-order valence-electron chi connectivity index (χ0n) is 29.9. The average Bonchev–Trinajstić information content (AvgIpc) is 3.52. The average molecular weight is 659 g/mol. The van der Waals surface area contributed by atoms with Crippen molar-refractivity contribution < 1.29 is 49.0 Å². The van der Waals surface area contributed by atoms with Crippen molar-refractivity contribution >= 4 is 11.7 Å². The van der Waals surface area contributed by atoms with Gasteiger partial charge in [-0.1, -0.05) is 39.8 Å². The number of nitrogens with one attached hydrogen (secondary N) is 1. The molecule has 5 N–H and O–H groups in total. The molecule has 12 heteroatoms. The summed E-state index contributed by atoms with van der Waals surface area (Å²) in [5.74, 6) is -3.22. The van der Waals surface area contributed by atoms with Crippen LogP contribution in [0.4, 0.5) is 0 Å². The van der Waals surface area contributed by atoms with Crippen LogP contribution in [0.15, 0.2) is 5.16 Å². The van der Waals surface area contributed by atoms with Gasteiger partial charge in [-0.3, -0.25) is 4.79 Å². The van der Waals surface area contributed by atoms with Crippen LogP contribution < -0.4 is 5.32 Å². The number of rotatable bonds is 6. The monoisotopic (exact) mass is 658 g/mol. The van der Waals surface area contributed by atoms with Crippen molar-refractivity contribution in [3.05, 3.63) is 0 Å². The third kappa shape index (κ3) is 8.42. The Balaban J connectivity index is 2.05. The standard InChI is InChI=1S/C34H62N2O10/c1-12-25-34(10,41)29(37)20(4)27(36-46-24-13-14-35-17-24)18(2)15-32(8,40)22(6)19(3)28(21(5)31(39)44-25)45-26-16-33(9,42-11)30(38)23(7)43-26/h18-26,28-30,35,37-38,40-41H,12-17H2,1-11H3/t18-,19-,20+,21-,22-,23+,24-,25-,26+,28+,29-,30+,32-,33-,34-/m1/s1. The second-order valence-electron chi connectivity index (χ2n) is 15.0. The molecule has 0 radical (unpaired) electrons. The molecule has 3 aliphatic heterocycles. The topological polar surface area (TPSA) is 169 Å². The summed E-state index contributed by atoms with van der Waals surface area (Å²) < 4.78 is 24.3. The molecule has 0 amide bonds. The first-order chi connectivity index (χ1) is 21.3. The molecule has 0 aromatic heterocycles. The number of cyclic esters (lactones) is 1. The Morgan fingerprint density at radius 3 is 2.22 bits per heavy atom. The quantitative estimate of drug-likeness (QED) is 0.210. The van der Waals surface area contributed by atoms with Gasteiger partial charge >= 0.3 is 5.97 Å². The van der Waals surface area contributed by atoms with E-state index in [1.807, 2.05) is 20.8 Å². The van der Waals surface area contributed by atoms with Crippen LogP contribution in [0.5, 0.6) is 0 Å². The van der Waals surface area contributed by atoms with Gasteiger partial charge < -0.3 is 49.5 Å². The maximum Gasteiger partial charge on any atom is 0.311 e. The van der Waals surface area contributed by atoms with Crippen LogP contribution in [0.1, 0.15) is 94.9 Å². The van der Waals surface area contributed by atoms with Crippen molar-refractivity contribution in [2.45, 2.75) is 155 Å². The molecule has 268 valence electrons. The van der Waals surface area contributed by atoms with Gasteiger partial charge in [-0.25, -0.2) is 0 Å². The van der Waals surface area contributed by atoms with Crippen molar-refractivity contribution in [1.29, 1.82) is 0 Å². The van der Waals surface area contributed by atoms with Gasteiger partial charge in [0, 0.05) is 38.3 Å². The van der Waals surface area contributed by atoms with E-state index >= 15 is 0 Å². The Bertz CT molecular complexity index is 1030. The van der Waals surface area contributed by atoms with Crippen molar-refractivity contribution in [2.75, 3.05) is 20.2 Å². The number of aliphatic hydroxyl groups is 4. The Kier molecular flexibility index (Phi) is 13.1. The summed E-state index contributed by atoms with van der Waals surface area (Å²) >= 11 is 0. The molecule has 12 nitrogen and oxygen atoms in total. The number of nitrogens with zero attached hydrogens (tertiary/aromatic N) is 1. The van der Waals surface area contributed by atoms with Crippen LogP contribution in [0.3, 0.4) is 0 Å². The highest BCUT2D eigenvalue weighted by Gasteiger charge is 2.51. The van der Waals surface area contributed by atoms with Crippen molar-refractivity contribution in [2.24, 2.45) is 34.7 Å². The molecule has 3 aliphatic rings. The molecule has 15 atom stereocenters. The van der Waals surface area contributed by atoms with Gasteiger partial charge in [-0.15, -0.1) is 0 Å². The lowest BCUT2D eigenvalue weighted by atomic mass is 9.70. The second kappa shape index (κ2) is 15.4. The third-order valence-electron chi connectivity index (χ3n) is 11.3. The Labute approximate surface area is 275 Å². The van der Waals surface area contributed by atoms with Gasteiger partial charge in [0.2, 0.25) is 0 Å². The fraction of sp³-hybridized carbons (Fsp3) is 0.941. The van der Waals surface area contributed by atoms with Crippen LogP contribution in [-0.2, 0) is 28.6 Å². The summed E-state index contributed by atoms with van der Waals surface area (Å²) in [6, 6.07) is 0. The molecule has 0 aliphatic carbocycles. The number of oxime groups is 1. The lowest BCUT2D eigenvalue weighted by Crippen LogP contribution is -2.58. The zero-order chi connectivity index (χ0) is 34.8. The summed E-state index contributed by atoms with van der Waals surface area (Å²) in [5, 5.41) is 54.0. The lowest BCUT2D eigenvalue weighted by molar-refractivity contribution is -0.298. The molecule has 0 unspecified atom stereocenters. The third-order valence-corrected chi connectivity index (χ3v) is 11.3. The fourth-order valence-corrected chi connectivity index (χ4v) is 7.56. The minimum atomic E-state index is -1.83. The van der Waals surface area contributed by atoms with Gasteiger partial charge in [0.05, 0.1) is 41.1 Å². The smallest absolute Gasteiger partial charge is 0.311 e. The number of methoxy groups -OCH3 is 1. The van der Waals surface area contributed by atoms with Crippen LogP contribution >= 0.6 is 0 Å². The molecule has 0 saturated carbocycles. The molecule has 46 heavy (non-hydrogen) atoms. The fourth-order valence-electron chi connectivity index (χ4n) is 7.56. The highest BCUT2D eigenvalue weighted by atomic mass is 16.7. The van der Waals surface area contributed by atoms with E-state index in [0.29, 0.717) is 12.3 Å². The number of hydrogen-bond acceptors (Lipinski definition) is 12. The van der Waals surface area contributed by atoms with Crippen LogP contribution in [-0.4, -0.2) is 112 Å². The molecule has 0 aromatic rings. The Morgan fingerprint density at radius 1 is 1.00 bits per heavy atom. The van der Waals surface area contributed by atoms with Gasteiger partial charge in [0.25, 0.3) is 0 Å². The summed E-state index contributed by atoms with van der Waals surface area (Å²) in [4.78, 5) is 19.8. The van der Waals surface area contributed by atoms with Crippen molar-refractivity contribution in [1.82, 2.24) is 5.32 Å². The summed E-state index contributed by atoms with van der Waals surface area (Å²) in [6.07, 6.45) is -4.04. The largest absolute Gasteiger partial charge is 0.459 e. The van der Waals surface area contributed by atoms with E-state index in [-0.39, 0.29) is 43.1 Å². The summed E-state index contributed by atoms with van der Waals surface area (Å²) in [7, 11) is 1.53. The van der Waals surface area contributed by atoms with E-state index in [4.69, 9.17) is 23.8 Å². The van der Waals surface area contributed by atoms with E-state index in [2.05, 4.69) is 10.5 Å². The lowest BCUT2D eigenvalue weighted by Gasteiger charge is -2.47. The van der Waals surface area contributed by atoms with Gasteiger partial charge in [0.1, 0.15) is 23.9 Å². The molecule has 3 saturated heterocycles. The highest BCUT2D eigenvalue weighted by Crippen LogP contribution is 2.40. The maximum atomic E-state index is 13.8. The normalized spacial score (nSPS) is 49.4. The minimum Gasteiger partial charge on any atom is -0.459 e. The van der Waals surface area contributed by atoms with E-state index in [9.17, 15) is 25.2 Å². The Hall–Kier alpha value is -1.38. The number of ether oxygens (including phenoxy) is 4. The van der Waals surface area contributed by atoms with E-state index in [0.717, 1.165) is 13.0 Å². The second-order valence-corrected chi connectivity index (χ2v) is 15.0. The molecule has 3 heterocycles. The van der Waals surface area contributed by atoms with Crippen LogP contribution in [0, 0.1) is 29.6 Å². The van der Waals surface area contributed by atoms with E-state index in [1.54, 1.807) is 41.5 Å². The van der Waals surface area contributed by atoms with Gasteiger partial charge in [-0.2, -0.15) is 0 Å². The molecule has 0 bridgehead atoms. The van der Waals surface area contributed by atoms with E-state index < -0.39 is 71.4 Å². The molecular weight excluding hydrogens is 596 g/mol. The van der Waals surface area contributed by atoms with Gasteiger partial charge in [0.15, 0.2) is 6.29 Å². The predicted octanol–water partition coefficient (Wildman–Crippen LogP) is 2.78. The summed E-state index contributed by atoms with van der Waals surface area (Å²) in [6.45, 7) is 19.3. The number of aliphatic hydroxyl groups excluding tert-OH is 2. The van der Waals surface area contributed by atoms with Crippen molar-refractivity contribution in [3.63, 3.8) is 0 Å².